The molecule has 0 unspecified atom stereocenters. The first-order chi connectivity index (χ1) is 8.11. The Morgan fingerprint density at radius 1 is 1.33 bits per heavy atom. The molecule has 18 heavy (non-hydrogen) atoms. The van der Waals surface area contributed by atoms with Gasteiger partial charge in [0.1, 0.15) is 0 Å². The van der Waals surface area contributed by atoms with Crippen molar-refractivity contribution in [2.75, 3.05) is 25.1 Å². The number of hydrogen-bond acceptors (Lipinski definition) is 4. The third-order valence-corrected chi connectivity index (χ3v) is 2.97. The number of methoxy groups -OCH3 is 1. The second-order valence-corrected chi connectivity index (χ2v) is 4.26. The summed E-state index contributed by atoms with van der Waals surface area (Å²) in [6, 6.07) is 7.41. The smallest absolute Gasteiger partial charge is 0.337 e. The Hall–Kier alpha value is -1.72. The number of hydrogen-bond donors (Lipinski definition) is 1. The number of nitrogens with zero attached hydrogens (tertiary/aromatic N) is 1. The fourth-order valence-corrected chi connectivity index (χ4v) is 1.93. The average Bonchev–Trinajstić information content (AvgIpc) is 2.71. The van der Waals surface area contributed by atoms with Crippen LogP contribution in [0.3, 0.4) is 0 Å². The van der Waals surface area contributed by atoms with E-state index in [0.717, 1.165) is 5.69 Å². The predicted octanol–water partition coefficient (Wildman–Crippen LogP) is 0.721. The first-order valence-electron chi connectivity index (χ1n) is 5.18. The number of carbonyl (C=O) groups is 1. The molecule has 5 nitrogen and oxygen atoms in total. The van der Waals surface area contributed by atoms with Crippen molar-refractivity contribution in [1.29, 1.82) is 0 Å². The highest BCUT2D eigenvalue weighted by Crippen LogP contribution is 2.24. The highest BCUT2D eigenvalue weighted by molar-refractivity contribution is 6.30. The van der Waals surface area contributed by atoms with Crippen molar-refractivity contribution in [2.24, 2.45) is 5.73 Å². The Morgan fingerprint density at radius 3 is 2.50 bits per heavy atom. The monoisotopic (exact) mass is 270 g/mol. The lowest BCUT2D eigenvalue weighted by atomic mass is 10.2. The van der Waals surface area contributed by atoms with Gasteiger partial charge in [-0.3, -0.25) is 0 Å². The van der Waals surface area contributed by atoms with Crippen molar-refractivity contribution in [1.82, 2.24) is 0 Å². The molecule has 6 heteroatoms. The first kappa shape index (κ1) is 14.3. The molecule has 0 fully saturated rings. The van der Waals surface area contributed by atoms with Crippen LogP contribution >= 0.6 is 11.6 Å². The number of rotatable bonds is 2. The van der Waals surface area contributed by atoms with E-state index in [2.05, 4.69) is 4.74 Å². The number of carbonyl (C=O) groups excluding carboxylic acids is 1. The summed E-state index contributed by atoms with van der Waals surface area (Å²) in [7, 11) is 1.35. The number of halogens is 1. The molecular formula is C12H15ClN2O3. The maximum atomic E-state index is 11.4. The molecular weight excluding hydrogens is 256 g/mol. The zero-order valence-corrected chi connectivity index (χ0v) is 10.7. The zero-order valence-electron chi connectivity index (χ0n) is 9.94. The van der Waals surface area contributed by atoms with Gasteiger partial charge >= 0.3 is 5.97 Å². The second-order valence-electron chi connectivity index (χ2n) is 3.83. The molecule has 0 saturated carbocycles. The van der Waals surface area contributed by atoms with Crippen LogP contribution in [0.1, 0.15) is 0 Å². The molecule has 0 saturated heterocycles. The van der Waals surface area contributed by atoms with Crippen molar-refractivity contribution in [3.8, 4) is 0 Å². The van der Waals surface area contributed by atoms with Crippen LogP contribution < -0.4 is 10.6 Å². The fraction of sp³-hybridized carbons (Fsp3) is 0.250. The van der Waals surface area contributed by atoms with Crippen LogP contribution in [0.2, 0.25) is 5.02 Å². The molecule has 98 valence electrons. The van der Waals surface area contributed by atoms with E-state index in [1.807, 2.05) is 29.2 Å². The van der Waals surface area contributed by atoms with E-state index < -0.39 is 0 Å². The van der Waals surface area contributed by atoms with Gasteiger partial charge in [-0.15, -0.1) is 0 Å². The summed E-state index contributed by atoms with van der Waals surface area (Å²) in [5.74, 6) is -0.362. The van der Waals surface area contributed by atoms with Gasteiger partial charge in [0.25, 0.3) is 0 Å². The van der Waals surface area contributed by atoms with E-state index >= 15 is 0 Å². The molecule has 0 spiro atoms. The quantitative estimate of drug-likeness (QED) is 0.802. The van der Waals surface area contributed by atoms with Crippen LogP contribution in [0, 0.1) is 0 Å². The maximum Gasteiger partial charge on any atom is 0.337 e. The van der Waals surface area contributed by atoms with Gasteiger partial charge < -0.3 is 20.8 Å². The summed E-state index contributed by atoms with van der Waals surface area (Å²) in [6.45, 7) is 1.01. The summed E-state index contributed by atoms with van der Waals surface area (Å²) in [4.78, 5) is 13.4. The molecule has 1 aromatic carbocycles. The van der Waals surface area contributed by atoms with E-state index in [9.17, 15) is 4.79 Å². The van der Waals surface area contributed by atoms with Crippen molar-refractivity contribution in [3.05, 3.63) is 40.6 Å². The molecule has 1 aliphatic rings. The summed E-state index contributed by atoms with van der Waals surface area (Å²) < 4.78 is 4.68. The first-order valence-corrected chi connectivity index (χ1v) is 5.56. The van der Waals surface area contributed by atoms with Crippen molar-refractivity contribution in [2.45, 2.75) is 0 Å². The zero-order chi connectivity index (χ0) is 12.4. The van der Waals surface area contributed by atoms with Gasteiger partial charge in [-0.25, -0.2) is 4.79 Å². The number of nitrogens with two attached hydrogens (primary N) is 1. The Morgan fingerprint density at radius 2 is 1.94 bits per heavy atom. The van der Waals surface area contributed by atoms with Gasteiger partial charge in [0.2, 0.25) is 0 Å². The largest absolute Gasteiger partial charge is 0.466 e. The molecule has 0 amide bonds. The second kappa shape index (κ2) is 5.75. The number of benzene rings is 1. The lowest BCUT2D eigenvalue weighted by Gasteiger charge is -2.18. The van der Waals surface area contributed by atoms with E-state index in [1.165, 1.54) is 7.11 Å². The molecule has 1 heterocycles. The molecule has 0 aromatic heterocycles. The van der Waals surface area contributed by atoms with Gasteiger partial charge in [0, 0.05) is 16.4 Å². The molecule has 4 N–H and O–H groups in total. The van der Waals surface area contributed by atoms with Crippen LogP contribution in [0.4, 0.5) is 5.69 Å². The summed E-state index contributed by atoms with van der Waals surface area (Å²) in [5, 5.41) is 0.682. The minimum atomic E-state index is -0.362. The average molecular weight is 271 g/mol. The Kier molecular flexibility index (Phi) is 4.58. The van der Waals surface area contributed by atoms with Crippen molar-refractivity contribution < 1.29 is 15.0 Å². The standard InChI is InChI=1S/C12H13ClN2O2.H2O/c1-17-12(16)10-6-15(7-11(10)14)9-4-2-8(13)3-5-9;/h2-5H,6-7,14H2,1H3;1H2. The number of ether oxygens (including phenoxy) is 1. The highest BCUT2D eigenvalue weighted by Gasteiger charge is 2.25. The van der Waals surface area contributed by atoms with Crippen LogP contribution in [0.5, 0.6) is 0 Å². The third kappa shape index (κ3) is 2.75. The van der Waals surface area contributed by atoms with E-state index in [0.29, 0.717) is 29.4 Å². The molecule has 1 aromatic rings. The Balaban J connectivity index is 0.00000162. The van der Waals surface area contributed by atoms with Crippen LogP contribution in [-0.4, -0.2) is 31.6 Å². The Bertz CT molecular complexity index is 471. The maximum absolute atomic E-state index is 11.4. The van der Waals surface area contributed by atoms with E-state index in [1.54, 1.807) is 0 Å². The van der Waals surface area contributed by atoms with Gasteiger partial charge in [-0.1, -0.05) is 11.6 Å². The van der Waals surface area contributed by atoms with Gasteiger partial charge in [-0.2, -0.15) is 0 Å². The van der Waals surface area contributed by atoms with Gasteiger partial charge in [0.05, 0.1) is 25.8 Å². The highest BCUT2D eigenvalue weighted by atomic mass is 35.5. The summed E-state index contributed by atoms with van der Waals surface area (Å²) in [6.07, 6.45) is 0. The topological polar surface area (TPSA) is 87.1 Å². The normalized spacial score (nSPS) is 14.4. The predicted molar refractivity (Wildman–Crippen MR) is 70.5 cm³/mol. The lowest BCUT2D eigenvalue weighted by Crippen LogP contribution is -2.22. The van der Waals surface area contributed by atoms with Gasteiger partial charge in [-0.05, 0) is 24.3 Å². The lowest BCUT2D eigenvalue weighted by molar-refractivity contribution is -0.136. The molecule has 0 atom stereocenters. The summed E-state index contributed by atoms with van der Waals surface area (Å²) >= 11 is 5.82. The minimum absolute atomic E-state index is 0. The van der Waals surface area contributed by atoms with Crippen molar-refractivity contribution in [3.63, 3.8) is 0 Å². The molecule has 0 radical (unpaired) electrons. The molecule has 2 rings (SSSR count). The van der Waals surface area contributed by atoms with Crippen LogP contribution in [0.15, 0.2) is 35.5 Å². The molecule has 1 aliphatic heterocycles. The number of anilines is 1. The van der Waals surface area contributed by atoms with E-state index in [-0.39, 0.29) is 11.4 Å². The van der Waals surface area contributed by atoms with E-state index in [4.69, 9.17) is 17.3 Å². The minimum Gasteiger partial charge on any atom is -0.466 e. The molecule has 0 aliphatic carbocycles. The fourth-order valence-electron chi connectivity index (χ4n) is 1.80. The molecule has 0 bridgehead atoms. The third-order valence-electron chi connectivity index (χ3n) is 2.72. The van der Waals surface area contributed by atoms with Crippen LogP contribution in [0.25, 0.3) is 0 Å². The SMILES string of the molecule is COC(=O)C1=C(N)CN(c2ccc(Cl)cc2)C1.O. The van der Waals surface area contributed by atoms with Crippen molar-refractivity contribution >= 4 is 23.3 Å². The summed E-state index contributed by atoms with van der Waals surface area (Å²) in [5.41, 5.74) is 7.90. The number of esters is 1. The Labute approximate surface area is 110 Å². The van der Waals surface area contributed by atoms with Crippen LogP contribution in [-0.2, 0) is 9.53 Å². The van der Waals surface area contributed by atoms with Gasteiger partial charge in [0.15, 0.2) is 0 Å².